The van der Waals surface area contributed by atoms with Crippen LogP contribution >= 0.6 is 0 Å². The minimum atomic E-state index is 0.0656. The van der Waals surface area contributed by atoms with E-state index in [2.05, 4.69) is 20.3 Å². The molecule has 2 aromatic heterocycles. The average Bonchev–Trinajstić information content (AvgIpc) is 3.20. The Kier molecular flexibility index (Phi) is 5.10. The lowest BCUT2D eigenvalue weighted by Gasteiger charge is -2.33. The van der Waals surface area contributed by atoms with Gasteiger partial charge in [-0.25, -0.2) is 9.97 Å². The van der Waals surface area contributed by atoms with Gasteiger partial charge in [-0.3, -0.25) is 9.48 Å². The zero-order valence-electron chi connectivity index (χ0n) is 14.8. The lowest BCUT2D eigenvalue weighted by atomic mass is 10.1. The van der Waals surface area contributed by atoms with Crippen LogP contribution in [0.2, 0.25) is 0 Å². The van der Waals surface area contributed by atoms with Crippen LogP contribution in [-0.4, -0.2) is 51.4 Å². The van der Waals surface area contributed by atoms with Crippen LogP contribution in [0.4, 0.5) is 5.95 Å². The number of anilines is 1. The second-order valence-corrected chi connectivity index (χ2v) is 6.82. The minimum Gasteiger partial charge on any atom is -0.376 e. The number of carbonyl (C=O) groups excluding carboxylic acids is 1. The van der Waals surface area contributed by atoms with Crippen LogP contribution in [0.3, 0.4) is 0 Å². The van der Waals surface area contributed by atoms with Crippen LogP contribution in [0.1, 0.15) is 30.5 Å². The van der Waals surface area contributed by atoms with Crippen molar-refractivity contribution in [3.05, 3.63) is 35.9 Å². The topological polar surface area (TPSA) is 85.2 Å². The first-order valence-electron chi connectivity index (χ1n) is 9.22. The van der Waals surface area contributed by atoms with E-state index in [1.807, 2.05) is 18.5 Å². The zero-order chi connectivity index (χ0) is 17.8. The van der Waals surface area contributed by atoms with Crippen molar-refractivity contribution in [1.29, 1.82) is 0 Å². The molecule has 1 N–H and O–H groups in total. The molecule has 4 rings (SSSR count). The Morgan fingerprint density at radius 1 is 1.42 bits per heavy atom. The summed E-state index contributed by atoms with van der Waals surface area (Å²) in [5.74, 6) is 0.831. The second-order valence-electron chi connectivity index (χ2n) is 6.82. The van der Waals surface area contributed by atoms with Gasteiger partial charge in [0.1, 0.15) is 0 Å². The number of nitrogens with zero attached hydrogens (tertiary/aromatic N) is 5. The van der Waals surface area contributed by atoms with Crippen LogP contribution in [0.25, 0.3) is 0 Å². The van der Waals surface area contributed by atoms with E-state index in [0.717, 1.165) is 56.2 Å². The molecule has 0 aromatic carbocycles. The number of rotatable bonds is 5. The van der Waals surface area contributed by atoms with Gasteiger partial charge in [-0.2, -0.15) is 5.10 Å². The molecule has 4 heterocycles. The van der Waals surface area contributed by atoms with Gasteiger partial charge in [0, 0.05) is 62.7 Å². The van der Waals surface area contributed by atoms with Gasteiger partial charge in [0.15, 0.2) is 0 Å². The molecule has 0 radical (unpaired) electrons. The summed E-state index contributed by atoms with van der Waals surface area (Å²) < 4.78 is 7.22. The Hall–Kier alpha value is -2.48. The van der Waals surface area contributed by atoms with E-state index in [9.17, 15) is 4.79 Å². The average molecular weight is 356 g/mol. The third-order valence-corrected chi connectivity index (χ3v) is 4.88. The number of fused-ring (bicyclic) bond motifs is 1. The predicted molar refractivity (Wildman–Crippen MR) is 95.6 cm³/mol. The molecule has 0 saturated carbocycles. The summed E-state index contributed by atoms with van der Waals surface area (Å²) in [6.07, 6.45) is 8.76. The van der Waals surface area contributed by atoms with Gasteiger partial charge in [0.2, 0.25) is 11.9 Å². The standard InChI is InChI=1S/C18H24N6O2/c25-17(4-9-24-8-2-6-20-24)21-15-3-1-7-23(12-15)18-19-11-14-13-26-10-5-16(14)22-18/h2,6,8,11,15H,1,3-5,7,9-10,12-13H2,(H,21,25)/t15-/m1/s1. The van der Waals surface area contributed by atoms with Gasteiger partial charge in [-0.1, -0.05) is 0 Å². The van der Waals surface area contributed by atoms with Crippen molar-refractivity contribution in [3.8, 4) is 0 Å². The summed E-state index contributed by atoms with van der Waals surface area (Å²) in [7, 11) is 0. The van der Waals surface area contributed by atoms with Crippen LogP contribution in [0.15, 0.2) is 24.7 Å². The number of ether oxygens (including phenoxy) is 1. The van der Waals surface area contributed by atoms with Gasteiger partial charge >= 0.3 is 0 Å². The summed E-state index contributed by atoms with van der Waals surface area (Å²) in [5, 5.41) is 7.27. The normalized spacial score (nSPS) is 19.8. The second kappa shape index (κ2) is 7.82. The van der Waals surface area contributed by atoms with Crippen molar-refractivity contribution in [1.82, 2.24) is 25.1 Å². The van der Waals surface area contributed by atoms with Crippen molar-refractivity contribution in [2.75, 3.05) is 24.6 Å². The highest BCUT2D eigenvalue weighted by Gasteiger charge is 2.24. The molecule has 2 aromatic rings. The Balaban J connectivity index is 1.33. The molecule has 1 saturated heterocycles. The van der Waals surface area contributed by atoms with Crippen LogP contribution in [0.5, 0.6) is 0 Å². The molecule has 1 atom stereocenters. The van der Waals surface area contributed by atoms with E-state index < -0.39 is 0 Å². The Morgan fingerprint density at radius 2 is 2.38 bits per heavy atom. The number of piperidine rings is 1. The predicted octanol–water partition coefficient (Wildman–Crippen LogP) is 0.921. The molecule has 2 aliphatic heterocycles. The highest BCUT2D eigenvalue weighted by atomic mass is 16.5. The Bertz CT molecular complexity index is 748. The summed E-state index contributed by atoms with van der Waals surface area (Å²) in [5.41, 5.74) is 2.17. The maximum Gasteiger partial charge on any atom is 0.225 e. The molecule has 1 fully saturated rings. The van der Waals surface area contributed by atoms with Crippen molar-refractivity contribution >= 4 is 11.9 Å². The molecular formula is C18H24N6O2. The van der Waals surface area contributed by atoms with Crippen molar-refractivity contribution < 1.29 is 9.53 Å². The SMILES string of the molecule is O=C(CCn1cccn1)N[C@@H]1CCCN(c2ncc3c(n2)CCOC3)C1. The van der Waals surface area contributed by atoms with E-state index >= 15 is 0 Å². The molecule has 138 valence electrons. The quantitative estimate of drug-likeness (QED) is 0.858. The molecule has 0 unspecified atom stereocenters. The van der Waals surface area contributed by atoms with Crippen LogP contribution in [-0.2, 0) is 29.1 Å². The third-order valence-electron chi connectivity index (χ3n) is 4.88. The fourth-order valence-corrected chi connectivity index (χ4v) is 3.50. The molecule has 0 spiro atoms. The largest absolute Gasteiger partial charge is 0.376 e. The number of nitrogens with one attached hydrogen (secondary N) is 1. The number of carbonyl (C=O) groups is 1. The van der Waals surface area contributed by atoms with Crippen molar-refractivity contribution in [3.63, 3.8) is 0 Å². The monoisotopic (exact) mass is 356 g/mol. The number of hydrogen-bond acceptors (Lipinski definition) is 6. The third kappa shape index (κ3) is 4.01. The first-order chi connectivity index (χ1) is 12.8. The number of amides is 1. The minimum absolute atomic E-state index is 0.0656. The number of aromatic nitrogens is 4. The smallest absolute Gasteiger partial charge is 0.225 e. The first kappa shape index (κ1) is 17.0. The molecule has 1 amide bonds. The van der Waals surface area contributed by atoms with E-state index in [-0.39, 0.29) is 11.9 Å². The van der Waals surface area contributed by atoms with Gasteiger partial charge in [0.25, 0.3) is 0 Å². The molecule has 8 heteroatoms. The van der Waals surface area contributed by atoms with Crippen molar-refractivity contribution in [2.24, 2.45) is 0 Å². The van der Waals surface area contributed by atoms with Crippen LogP contribution in [0, 0.1) is 0 Å². The lowest BCUT2D eigenvalue weighted by molar-refractivity contribution is -0.122. The highest BCUT2D eigenvalue weighted by Crippen LogP contribution is 2.20. The molecule has 0 aliphatic carbocycles. The van der Waals surface area contributed by atoms with Gasteiger partial charge in [-0.05, 0) is 18.9 Å². The van der Waals surface area contributed by atoms with E-state index in [1.54, 1.807) is 10.9 Å². The molecule has 0 bridgehead atoms. The highest BCUT2D eigenvalue weighted by molar-refractivity contribution is 5.76. The summed E-state index contributed by atoms with van der Waals surface area (Å²) in [6, 6.07) is 2.00. The first-order valence-corrected chi connectivity index (χ1v) is 9.22. The Labute approximate surface area is 152 Å². The van der Waals surface area contributed by atoms with Gasteiger partial charge < -0.3 is 15.0 Å². The van der Waals surface area contributed by atoms with E-state index in [4.69, 9.17) is 9.72 Å². The van der Waals surface area contributed by atoms with Gasteiger partial charge in [-0.15, -0.1) is 0 Å². The van der Waals surface area contributed by atoms with Crippen LogP contribution < -0.4 is 10.2 Å². The fourth-order valence-electron chi connectivity index (χ4n) is 3.50. The summed E-state index contributed by atoms with van der Waals surface area (Å²) in [6.45, 7) is 3.60. The summed E-state index contributed by atoms with van der Waals surface area (Å²) in [4.78, 5) is 23.6. The Morgan fingerprint density at radius 3 is 3.27 bits per heavy atom. The zero-order valence-corrected chi connectivity index (χ0v) is 14.8. The molecular weight excluding hydrogens is 332 g/mol. The van der Waals surface area contributed by atoms with E-state index in [1.165, 1.54) is 0 Å². The molecule has 26 heavy (non-hydrogen) atoms. The maximum atomic E-state index is 12.2. The molecule has 2 aliphatic rings. The number of hydrogen-bond donors (Lipinski definition) is 1. The number of aryl methyl sites for hydroxylation is 1. The van der Waals surface area contributed by atoms with E-state index in [0.29, 0.717) is 19.6 Å². The fraction of sp³-hybridized carbons (Fsp3) is 0.556. The van der Waals surface area contributed by atoms with Crippen molar-refractivity contribution in [2.45, 2.75) is 44.9 Å². The molecule has 8 nitrogen and oxygen atoms in total. The maximum absolute atomic E-state index is 12.2. The van der Waals surface area contributed by atoms with Gasteiger partial charge in [0.05, 0.1) is 18.9 Å². The lowest BCUT2D eigenvalue weighted by Crippen LogP contribution is -2.48. The summed E-state index contributed by atoms with van der Waals surface area (Å²) >= 11 is 0.